The topological polar surface area (TPSA) is 81.7 Å². The fourth-order valence-corrected chi connectivity index (χ4v) is 8.28. The maximum Gasteiger partial charge on any atom is 0.407 e. The van der Waals surface area contributed by atoms with Crippen LogP contribution in [-0.2, 0) is 22.0 Å². The highest BCUT2D eigenvalue weighted by Gasteiger charge is 2.47. The summed E-state index contributed by atoms with van der Waals surface area (Å²) in [6.45, 7) is 31.1. The largest absolute Gasteiger partial charge is 0.471 e. The molecule has 2 aromatic rings. The molecule has 1 aromatic carbocycles. The number of carbonyl (C=O) groups excluding carboxylic acids is 1. The van der Waals surface area contributed by atoms with Crippen LogP contribution in [0, 0.1) is 16.9 Å². The van der Waals surface area contributed by atoms with Crippen molar-refractivity contribution in [1.29, 1.82) is 0 Å². The number of pyridine rings is 1. The number of hydrogen-bond acceptors (Lipinski definition) is 6. The van der Waals surface area contributed by atoms with Crippen molar-refractivity contribution in [2.24, 2.45) is 5.41 Å². The Labute approximate surface area is 311 Å². The van der Waals surface area contributed by atoms with Crippen molar-refractivity contribution >= 4 is 22.5 Å². The molecule has 7 nitrogen and oxygen atoms in total. The number of aromatic nitrogens is 1. The lowest BCUT2D eigenvalue weighted by Crippen LogP contribution is -2.57. The Bertz CT molecular complexity index is 1560. The van der Waals surface area contributed by atoms with Crippen molar-refractivity contribution in [3.05, 3.63) is 58.8 Å². The zero-order valence-electron chi connectivity index (χ0n) is 34.2. The van der Waals surface area contributed by atoms with Crippen LogP contribution < -0.4 is 15.4 Å². The number of amides is 1. The number of nitrogens with one attached hydrogen (secondary N) is 2. The lowest BCUT2D eigenvalue weighted by atomic mass is 9.73. The van der Waals surface area contributed by atoms with E-state index in [9.17, 15) is 4.79 Å². The summed E-state index contributed by atoms with van der Waals surface area (Å²) < 4.78 is 19.7. The van der Waals surface area contributed by atoms with Gasteiger partial charge in [0.2, 0.25) is 5.88 Å². The number of hydrogen-bond donors (Lipinski definition) is 2. The maximum absolute atomic E-state index is 13.5. The van der Waals surface area contributed by atoms with E-state index in [0.29, 0.717) is 13.0 Å². The Kier molecular flexibility index (Phi) is 12.4. The monoisotopic (exact) mass is 733 g/mol. The molecule has 9 heteroatoms. The minimum atomic E-state index is -2.29. The summed E-state index contributed by atoms with van der Waals surface area (Å²) in [7, 11) is -3.78. The molecule has 2 heterocycles. The zero-order valence-corrected chi connectivity index (χ0v) is 36.2. The highest BCUT2D eigenvalue weighted by Crippen LogP contribution is 2.48. The van der Waals surface area contributed by atoms with Gasteiger partial charge in [0.15, 0.2) is 8.32 Å². The third-order valence-corrected chi connectivity index (χ3v) is 15.5. The molecule has 51 heavy (non-hydrogen) atoms. The molecule has 1 aromatic heterocycles. The van der Waals surface area contributed by atoms with Crippen LogP contribution in [-0.4, -0.2) is 57.4 Å². The van der Waals surface area contributed by atoms with Gasteiger partial charge < -0.3 is 24.5 Å². The van der Waals surface area contributed by atoms with Crippen molar-refractivity contribution in [2.75, 3.05) is 6.54 Å². The van der Waals surface area contributed by atoms with Crippen LogP contribution in [0.25, 0.3) is 0 Å². The second-order valence-corrected chi connectivity index (χ2v) is 29.4. The van der Waals surface area contributed by atoms with Crippen molar-refractivity contribution in [2.45, 2.75) is 168 Å². The lowest BCUT2D eigenvalue weighted by Gasteiger charge is -2.48. The van der Waals surface area contributed by atoms with E-state index >= 15 is 0 Å². The predicted octanol–water partition coefficient (Wildman–Crippen LogP) is 9.76. The first kappa shape index (κ1) is 41.1. The van der Waals surface area contributed by atoms with Crippen molar-refractivity contribution < 1.29 is 18.7 Å². The van der Waals surface area contributed by atoms with Gasteiger partial charge in [-0.1, -0.05) is 79.2 Å². The molecular weight excluding hydrogens is 667 g/mol. The first-order valence-corrected chi connectivity index (χ1v) is 25.4. The molecular formula is C42H67N3O4Si2. The number of nitrogens with zero attached hydrogens (tertiary/aromatic N) is 1. The fraction of sp³-hybridized carbons (Fsp3) is 0.667. The van der Waals surface area contributed by atoms with E-state index in [1.54, 1.807) is 0 Å². The number of fused-ring (bicyclic) bond motifs is 1. The molecule has 3 atom stereocenters. The van der Waals surface area contributed by atoms with Gasteiger partial charge in [0.1, 0.15) is 19.3 Å². The Hall–Kier alpha value is -2.65. The number of benzene rings is 1. The molecule has 4 rings (SSSR count). The molecule has 1 spiro atoms. The molecule has 2 N–H and O–H groups in total. The van der Waals surface area contributed by atoms with E-state index in [2.05, 4.69) is 127 Å². The number of carbonyl (C=O) groups is 1. The van der Waals surface area contributed by atoms with Gasteiger partial charge in [-0.3, -0.25) is 0 Å². The first-order chi connectivity index (χ1) is 23.3. The van der Waals surface area contributed by atoms with Crippen LogP contribution in [0.5, 0.6) is 5.88 Å². The SMILES string of the molecule is CC(C)(C)Cc1cnc2c(c1)[C@@H](NC[C@@H](O[Si](C)(C)C(C)(C)C)[C@H](Cc1ccc(C#C[Si](C)(C)C)cc1)NC(=O)OC(C)(C)C)CC1(CCC1)O2. The molecule has 2 aliphatic rings. The summed E-state index contributed by atoms with van der Waals surface area (Å²) in [6, 6.07) is 10.4. The summed E-state index contributed by atoms with van der Waals surface area (Å²) in [4.78, 5) is 18.4. The van der Waals surface area contributed by atoms with Gasteiger partial charge >= 0.3 is 6.09 Å². The van der Waals surface area contributed by atoms with Gasteiger partial charge in [-0.25, -0.2) is 9.78 Å². The second-order valence-electron chi connectivity index (χ2n) is 19.8. The molecule has 1 amide bonds. The lowest BCUT2D eigenvalue weighted by molar-refractivity contribution is -0.0419. The third-order valence-electron chi connectivity index (χ3n) is 10.2. The number of rotatable bonds is 10. The second kappa shape index (κ2) is 15.4. The van der Waals surface area contributed by atoms with Crippen molar-refractivity contribution in [1.82, 2.24) is 15.6 Å². The molecule has 1 aliphatic carbocycles. The fourth-order valence-electron chi connectivity index (χ4n) is 6.40. The van der Waals surface area contributed by atoms with E-state index in [1.807, 2.05) is 27.0 Å². The maximum atomic E-state index is 13.5. The van der Waals surface area contributed by atoms with Gasteiger partial charge in [0.05, 0.1) is 12.1 Å². The minimum absolute atomic E-state index is 0.0224. The molecule has 0 saturated heterocycles. The van der Waals surface area contributed by atoms with E-state index in [1.165, 1.54) is 12.0 Å². The molecule has 282 valence electrons. The Balaban J connectivity index is 1.69. The Morgan fingerprint density at radius 2 is 1.65 bits per heavy atom. The van der Waals surface area contributed by atoms with Crippen LogP contribution in [0.15, 0.2) is 36.5 Å². The van der Waals surface area contributed by atoms with Gasteiger partial charge in [-0.05, 0) is 106 Å². The van der Waals surface area contributed by atoms with Crippen molar-refractivity contribution in [3.63, 3.8) is 0 Å². The van der Waals surface area contributed by atoms with Crippen LogP contribution in [0.4, 0.5) is 4.79 Å². The molecule has 0 unspecified atom stereocenters. The van der Waals surface area contributed by atoms with Crippen LogP contribution >= 0.6 is 0 Å². The molecule has 1 aliphatic heterocycles. The predicted molar refractivity (Wildman–Crippen MR) is 216 cm³/mol. The van der Waals surface area contributed by atoms with Crippen LogP contribution in [0.1, 0.15) is 116 Å². The summed E-state index contributed by atoms with van der Waals surface area (Å²) in [5, 5.41) is 7.21. The average molecular weight is 734 g/mol. The molecule has 1 fully saturated rings. The Morgan fingerprint density at radius 1 is 1.00 bits per heavy atom. The van der Waals surface area contributed by atoms with Crippen molar-refractivity contribution in [3.8, 4) is 17.3 Å². The van der Waals surface area contributed by atoms with E-state index in [-0.39, 0.29) is 34.2 Å². The average Bonchev–Trinajstić information content (AvgIpc) is 2.94. The number of alkyl carbamates (subject to hydrolysis) is 1. The highest BCUT2D eigenvalue weighted by atomic mass is 28.4. The third kappa shape index (κ3) is 12.2. The summed E-state index contributed by atoms with van der Waals surface area (Å²) >= 11 is 0. The zero-order chi connectivity index (χ0) is 38.0. The van der Waals surface area contributed by atoms with Gasteiger partial charge in [0.25, 0.3) is 0 Å². The summed E-state index contributed by atoms with van der Waals surface area (Å²) in [5.41, 5.74) is 7.27. The van der Waals surface area contributed by atoms with Crippen LogP contribution in [0.2, 0.25) is 37.8 Å². The normalized spacial score (nSPS) is 18.7. The van der Waals surface area contributed by atoms with Gasteiger partial charge in [-0.2, -0.15) is 0 Å². The highest BCUT2D eigenvalue weighted by molar-refractivity contribution is 6.83. The quantitative estimate of drug-likeness (QED) is 0.187. The standard InChI is InChI=1S/C42H67N3O4Si2/c1-39(2,3)26-32-24-33-35(27-42(21-15-22-42)47-37(33)44-28-32)43-29-36(49-51(13,14)41(7,8)9)34(45-38(46)48-40(4,5)6)25-31-18-16-30(17-19-31)20-23-50(10,11)12/h16-19,24,28,34-36,43H,15,21-22,25-27,29H2,1-14H3,(H,45,46)/t34-,35-,36+/m0/s1. The van der Waals surface area contributed by atoms with Gasteiger partial charge in [-0.15, -0.1) is 5.54 Å². The molecule has 0 radical (unpaired) electrons. The summed E-state index contributed by atoms with van der Waals surface area (Å²) in [5.74, 6) is 4.12. The summed E-state index contributed by atoms with van der Waals surface area (Å²) in [6.07, 6.45) is 6.91. The van der Waals surface area contributed by atoms with E-state index in [4.69, 9.17) is 18.9 Å². The van der Waals surface area contributed by atoms with Gasteiger partial charge in [0, 0.05) is 36.3 Å². The first-order valence-electron chi connectivity index (χ1n) is 19.0. The van der Waals surface area contributed by atoms with E-state index in [0.717, 1.165) is 48.3 Å². The van der Waals surface area contributed by atoms with E-state index < -0.39 is 28.1 Å². The number of ether oxygens (including phenoxy) is 2. The minimum Gasteiger partial charge on any atom is -0.471 e. The molecule has 0 bridgehead atoms. The smallest absolute Gasteiger partial charge is 0.407 e. The molecule has 1 saturated carbocycles. The Morgan fingerprint density at radius 3 is 2.18 bits per heavy atom. The van der Waals surface area contributed by atoms with Crippen LogP contribution in [0.3, 0.4) is 0 Å².